The number of benzene rings is 1. The van der Waals surface area contributed by atoms with Crippen LogP contribution < -0.4 is 10.5 Å². The van der Waals surface area contributed by atoms with Gasteiger partial charge in [0.25, 0.3) is 0 Å². The first-order valence-electron chi connectivity index (χ1n) is 4.99. The third-order valence-corrected chi connectivity index (χ3v) is 2.14. The Morgan fingerprint density at radius 3 is 2.88 bits per heavy atom. The molecule has 5 nitrogen and oxygen atoms in total. The van der Waals surface area contributed by atoms with Gasteiger partial charge in [0.1, 0.15) is 5.75 Å². The molecule has 0 fully saturated rings. The van der Waals surface area contributed by atoms with E-state index in [0.717, 1.165) is 11.3 Å². The van der Waals surface area contributed by atoms with Crippen molar-refractivity contribution in [2.45, 2.75) is 20.1 Å². The summed E-state index contributed by atoms with van der Waals surface area (Å²) in [6.07, 6.45) is 0. The Kier molecular flexibility index (Phi) is 3.16. The molecule has 0 saturated heterocycles. The van der Waals surface area contributed by atoms with Gasteiger partial charge in [-0.25, -0.2) is 0 Å². The molecule has 0 aliphatic carbocycles. The summed E-state index contributed by atoms with van der Waals surface area (Å²) >= 11 is 0. The highest BCUT2D eigenvalue weighted by atomic mass is 16.5. The van der Waals surface area contributed by atoms with Crippen molar-refractivity contribution in [1.29, 1.82) is 0 Å². The summed E-state index contributed by atoms with van der Waals surface area (Å²) in [5.41, 5.74) is 6.43. The average Bonchev–Trinajstić information content (AvgIpc) is 2.76. The third kappa shape index (κ3) is 2.38. The Labute approximate surface area is 93.2 Å². The molecule has 0 amide bonds. The Morgan fingerprint density at radius 2 is 2.19 bits per heavy atom. The summed E-state index contributed by atoms with van der Waals surface area (Å²) in [7, 11) is 0. The Hall–Kier alpha value is -1.88. The second-order valence-corrected chi connectivity index (χ2v) is 3.36. The fourth-order valence-corrected chi connectivity index (χ4v) is 1.29. The number of aromatic nitrogens is 2. The van der Waals surface area contributed by atoms with Gasteiger partial charge in [0.05, 0.1) is 6.54 Å². The maximum atomic E-state index is 5.55. The van der Waals surface area contributed by atoms with E-state index in [4.69, 9.17) is 15.0 Å². The van der Waals surface area contributed by atoms with Crippen molar-refractivity contribution < 1.29 is 9.26 Å². The van der Waals surface area contributed by atoms with E-state index in [-0.39, 0.29) is 13.2 Å². The molecular weight excluding hydrogens is 206 g/mol. The first kappa shape index (κ1) is 10.6. The molecule has 0 unspecified atom stereocenters. The van der Waals surface area contributed by atoms with E-state index < -0.39 is 0 Å². The van der Waals surface area contributed by atoms with Gasteiger partial charge in [-0.15, -0.1) is 0 Å². The Morgan fingerprint density at radius 1 is 1.38 bits per heavy atom. The number of rotatable bonds is 4. The molecule has 84 valence electrons. The summed E-state index contributed by atoms with van der Waals surface area (Å²) in [6.45, 7) is 2.52. The van der Waals surface area contributed by atoms with Crippen LogP contribution in [0.25, 0.3) is 0 Å². The van der Waals surface area contributed by atoms with Crippen LogP contribution >= 0.6 is 0 Å². The van der Waals surface area contributed by atoms with Gasteiger partial charge in [0, 0.05) is 0 Å². The molecule has 0 radical (unpaired) electrons. The smallest absolute Gasteiger partial charge is 0.240 e. The molecule has 0 atom stereocenters. The molecule has 2 rings (SSSR count). The topological polar surface area (TPSA) is 74.2 Å². The summed E-state index contributed by atoms with van der Waals surface area (Å²) in [5.74, 6) is 1.74. The van der Waals surface area contributed by atoms with Crippen molar-refractivity contribution in [3.05, 3.63) is 41.5 Å². The molecule has 0 aliphatic heterocycles. The van der Waals surface area contributed by atoms with Crippen molar-refractivity contribution in [3.63, 3.8) is 0 Å². The predicted octanol–water partition coefficient (Wildman–Crippen LogP) is 1.42. The van der Waals surface area contributed by atoms with Gasteiger partial charge in [-0.05, 0) is 18.6 Å². The van der Waals surface area contributed by atoms with Gasteiger partial charge in [-0.2, -0.15) is 4.98 Å². The molecule has 1 aromatic heterocycles. The largest absolute Gasteiger partial charge is 0.485 e. The highest BCUT2D eigenvalue weighted by Crippen LogP contribution is 2.17. The standard InChI is InChI=1S/C11H13N3O2/c1-8-4-2-3-5-9(8)15-7-10-13-11(6-12)16-14-10/h2-5H,6-7,12H2,1H3. The van der Waals surface area contributed by atoms with Gasteiger partial charge in [0.15, 0.2) is 6.61 Å². The second kappa shape index (κ2) is 4.76. The van der Waals surface area contributed by atoms with E-state index in [1.54, 1.807) is 0 Å². The van der Waals surface area contributed by atoms with Gasteiger partial charge in [-0.3, -0.25) is 0 Å². The third-order valence-electron chi connectivity index (χ3n) is 2.14. The lowest BCUT2D eigenvalue weighted by atomic mass is 10.2. The first-order chi connectivity index (χ1) is 7.79. The van der Waals surface area contributed by atoms with E-state index in [9.17, 15) is 0 Å². The number of hydrogen-bond donors (Lipinski definition) is 1. The summed E-state index contributed by atoms with van der Waals surface area (Å²) in [4.78, 5) is 4.05. The lowest BCUT2D eigenvalue weighted by Gasteiger charge is -2.05. The van der Waals surface area contributed by atoms with Crippen LogP contribution in [0.3, 0.4) is 0 Å². The number of para-hydroxylation sites is 1. The SMILES string of the molecule is Cc1ccccc1OCc1noc(CN)n1. The Bertz CT molecular complexity index is 468. The molecule has 0 aliphatic rings. The van der Waals surface area contributed by atoms with Crippen LogP contribution in [0.15, 0.2) is 28.8 Å². The highest BCUT2D eigenvalue weighted by molar-refractivity contribution is 5.31. The van der Waals surface area contributed by atoms with Crippen LogP contribution in [-0.2, 0) is 13.2 Å². The highest BCUT2D eigenvalue weighted by Gasteiger charge is 2.05. The van der Waals surface area contributed by atoms with Crippen LogP contribution in [-0.4, -0.2) is 10.1 Å². The van der Waals surface area contributed by atoms with Crippen LogP contribution in [0.1, 0.15) is 17.3 Å². The number of ether oxygens (including phenoxy) is 1. The molecule has 2 aromatic rings. The molecule has 1 aromatic carbocycles. The maximum absolute atomic E-state index is 5.55. The van der Waals surface area contributed by atoms with Gasteiger partial charge < -0.3 is 15.0 Å². The van der Waals surface area contributed by atoms with Crippen molar-refractivity contribution in [3.8, 4) is 5.75 Å². The van der Waals surface area contributed by atoms with E-state index in [1.807, 2.05) is 31.2 Å². The van der Waals surface area contributed by atoms with E-state index in [1.165, 1.54) is 0 Å². The predicted molar refractivity (Wildman–Crippen MR) is 57.7 cm³/mol. The van der Waals surface area contributed by atoms with E-state index in [2.05, 4.69) is 10.1 Å². The normalized spacial score (nSPS) is 10.4. The summed E-state index contributed by atoms with van der Waals surface area (Å²) in [6, 6.07) is 7.77. The van der Waals surface area contributed by atoms with Crippen LogP contribution in [0.4, 0.5) is 0 Å². The molecule has 16 heavy (non-hydrogen) atoms. The van der Waals surface area contributed by atoms with Gasteiger partial charge >= 0.3 is 0 Å². The zero-order valence-electron chi connectivity index (χ0n) is 9.01. The van der Waals surface area contributed by atoms with Crippen LogP contribution in [0.2, 0.25) is 0 Å². The van der Waals surface area contributed by atoms with Gasteiger partial charge in [-0.1, -0.05) is 23.4 Å². The van der Waals surface area contributed by atoms with E-state index >= 15 is 0 Å². The quantitative estimate of drug-likeness (QED) is 0.841. The molecule has 5 heteroatoms. The molecule has 0 spiro atoms. The minimum atomic E-state index is 0.247. The number of hydrogen-bond acceptors (Lipinski definition) is 5. The fraction of sp³-hybridized carbons (Fsp3) is 0.273. The summed E-state index contributed by atoms with van der Waals surface area (Å²) < 4.78 is 10.4. The van der Waals surface area contributed by atoms with Crippen LogP contribution in [0.5, 0.6) is 5.75 Å². The number of aryl methyl sites for hydroxylation is 1. The lowest BCUT2D eigenvalue weighted by molar-refractivity contribution is 0.283. The average molecular weight is 219 g/mol. The van der Waals surface area contributed by atoms with Crippen molar-refractivity contribution in [1.82, 2.24) is 10.1 Å². The first-order valence-corrected chi connectivity index (χ1v) is 4.99. The number of nitrogens with two attached hydrogens (primary N) is 1. The molecule has 1 heterocycles. The summed E-state index contributed by atoms with van der Waals surface area (Å²) in [5, 5.41) is 3.74. The molecule has 0 bridgehead atoms. The number of nitrogens with zero attached hydrogens (tertiary/aromatic N) is 2. The fourth-order valence-electron chi connectivity index (χ4n) is 1.29. The van der Waals surface area contributed by atoms with Crippen molar-refractivity contribution in [2.75, 3.05) is 0 Å². The molecular formula is C11H13N3O2. The zero-order chi connectivity index (χ0) is 11.4. The van der Waals surface area contributed by atoms with Crippen molar-refractivity contribution >= 4 is 0 Å². The van der Waals surface area contributed by atoms with Crippen molar-refractivity contribution in [2.24, 2.45) is 5.73 Å². The Balaban J connectivity index is 1.99. The van der Waals surface area contributed by atoms with Gasteiger partial charge in [0.2, 0.25) is 11.7 Å². The van der Waals surface area contributed by atoms with Crippen LogP contribution in [0, 0.1) is 6.92 Å². The van der Waals surface area contributed by atoms with E-state index in [0.29, 0.717) is 11.7 Å². The monoisotopic (exact) mass is 219 g/mol. The molecule has 2 N–H and O–H groups in total. The lowest BCUT2D eigenvalue weighted by Crippen LogP contribution is -2.00. The zero-order valence-corrected chi connectivity index (χ0v) is 9.01. The second-order valence-electron chi connectivity index (χ2n) is 3.36. The minimum Gasteiger partial charge on any atom is -0.485 e. The minimum absolute atomic E-state index is 0.247. The maximum Gasteiger partial charge on any atom is 0.240 e. The molecule has 0 saturated carbocycles.